The summed E-state index contributed by atoms with van der Waals surface area (Å²) in [4.78, 5) is 24.5. The van der Waals surface area contributed by atoms with Crippen molar-refractivity contribution in [2.75, 3.05) is 10.6 Å². The Balaban J connectivity index is 1.64. The van der Waals surface area contributed by atoms with Crippen LogP contribution in [0.1, 0.15) is 15.9 Å². The minimum atomic E-state index is -0.184. The van der Waals surface area contributed by atoms with Gasteiger partial charge in [-0.3, -0.25) is 9.59 Å². The van der Waals surface area contributed by atoms with Gasteiger partial charge in [-0.1, -0.05) is 42.5 Å². The zero-order chi connectivity index (χ0) is 18.4. The number of hydrogen-bond donors (Lipinski definition) is 2. The lowest BCUT2D eigenvalue weighted by atomic mass is 10.1. The molecule has 0 aromatic heterocycles. The Labute approximate surface area is 165 Å². The highest BCUT2D eigenvalue weighted by Crippen LogP contribution is 2.17. The maximum atomic E-state index is 12.3. The van der Waals surface area contributed by atoms with Crippen molar-refractivity contribution in [1.29, 1.82) is 0 Å². The summed E-state index contributed by atoms with van der Waals surface area (Å²) < 4.78 is 0.997. The van der Waals surface area contributed by atoms with Gasteiger partial charge in [0.15, 0.2) is 0 Å². The molecule has 0 aliphatic heterocycles. The Hall–Kier alpha value is -2.67. The Morgan fingerprint density at radius 2 is 1.46 bits per heavy atom. The van der Waals surface area contributed by atoms with Crippen molar-refractivity contribution in [3.63, 3.8) is 0 Å². The molecule has 2 N–H and O–H groups in total. The van der Waals surface area contributed by atoms with Crippen LogP contribution < -0.4 is 10.6 Å². The molecule has 0 fully saturated rings. The lowest BCUT2D eigenvalue weighted by molar-refractivity contribution is -0.115. The normalized spacial score (nSPS) is 10.2. The zero-order valence-corrected chi connectivity index (χ0v) is 16.1. The third kappa shape index (κ3) is 5.16. The van der Waals surface area contributed by atoms with Crippen molar-refractivity contribution in [2.24, 2.45) is 0 Å². The van der Waals surface area contributed by atoms with Crippen molar-refractivity contribution in [3.8, 4) is 0 Å². The van der Waals surface area contributed by atoms with E-state index in [9.17, 15) is 9.59 Å². The predicted octanol–water partition coefficient (Wildman–Crippen LogP) is 4.72. The van der Waals surface area contributed by atoms with E-state index in [2.05, 4.69) is 33.2 Å². The summed E-state index contributed by atoms with van der Waals surface area (Å²) in [6.07, 6.45) is 0.305. The van der Waals surface area contributed by atoms with Gasteiger partial charge in [0.1, 0.15) is 0 Å². The Morgan fingerprint density at radius 3 is 2.19 bits per heavy atom. The molecule has 130 valence electrons. The number of hydrogen-bond acceptors (Lipinski definition) is 2. The van der Waals surface area contributed by atoms with E-state index in [1.807, 2.05) is 48.5 Å². The van der Waals surface area contributed by atoms with Crippen LogP contribution in [-0.4, -0.2) is 11.8 Å². The van der Waals surface area contributed by atoms with E-state index in [1.165, 1.54) is 0 Å². The van der Waals surface area contributed by atoms with Gasteiger partial charge in [-0.15, -0.1) is 0 Å². The molecule has 0 spiro atoms. The monoisotopic (exact) mass is 456 g/mol. The molecule has 3 aromatic rings. The van der Waals surface area contributed by atoms with Crippen LogP contribution in [0.25, 0.3) is 0 Å². The van der Waals surface area contributed by atoms with E-state index >= 15 is 0 Å². The number of amides is 2. The minimum Gasteiger partial charge on any atom is -0.326 e. The van der Waals surface area contributed by atoms with Crippen LogP contribution >= 0.6 is 22.6 Å². The number of nitrogens with one attached hydrogen (secondary N) is 2. The number of carbonyl (C=O) groups is 2. The second kappa shape index (κ2) is 8.62. The Bertz CT molecular complexity index is 926. The van der Waals surface area contributed by atoms with Crippen LogP contribution in [0.15, 0.2) is 78.9 Å². The first kappa shape index (κ1) is 18.1. The van der Waals surface area contributed by atoms with Crippen molar-refractivity contribution in [3.05, 3.63) is 93.6 Å². The average molecular weight is 456 g/mol. The lowest BCUT2D eigenvalue weighted by Crippen LogP contribution is -2.15. The number of carbonyl (C=O) groups excluding carboxylic acids is 2. The van der Waals surface area contributed by atoms with Crippen LogP contribution in [0.4, 0.5) is 11.4 Å². The van der Waals surface area contributed by atoms with Crippen molar-refractivity contribution < 1.29 is 9.59 Å². The third-order valence-corrected chi connectivity index (χ3v) is 4.37. The summed E-state index contributed by atoms with van der Waals surface area (Å²) in [5.41, 5.74) is 2.82. The maximum Gasteiger partial charge on any atom is 0.255 e. The second-order valence-corrected chi connectivity index (χ2v) is 7.00. The molecule has 0 atom stereocenters. The number of rotatable bonds is 5. The molecule has 0 saturated heterocycles. The van der Waals surface area contributed by atoms with Gasteiger partial charge in [0.05, 0.1) is 6.42 Å². The number of halogens is 1. The highest BCUT2D eigenvalue weighted by molar-refractivity contribution is 14.1. The predicted molar refractivity (Wildman–Crippen MR) is 112 cm³/mol. The summed E-state index contributed by atoms with van der Waals surface area (Å²) in [5.74, 6) is -0.284. The lowest BCUT2D eigenvalue weighted by Gasteiger charge is -2.09. The van der Waals surface area contributed by atoms with Crippen LogP contribution in [0.5, 0.6) is 0 Å². The molecule has 26 heavy (non-hydrogen) atoms. The van der Waals surface area contributed by atoms with Crippen molar-refractivity contribution in [2.45, 2.75) is 6.42 Å². The molecule has 0 bridgehead atoms. The third-order valence-electron chi connectivity index (χ3n) is 3.70. The van der Waals surface area contributed by atoms with Gasteiger partial charge in [0.25, 0.3) is 5.91 Å². The molecule has 3 rings (SSSR count). The van der Waals surface area contributed by atoms with Gasteiger partial charge in [-0.05, 0) is 64.6 Å². The maximum absolute atomic E-state index is 12.3. The van der Waals surface area contributed by atoms with Crippen LogP contribution in [-0.2, 0) is 11.2 Å². The van der Waals surface area contributed by atoms with Crippen LogP contribution in [0.2, 0.25) is 0 Å². The first-order valence-corrected chi connectivity index (χ1v) is 9.19. The molecular formula is C21H17IN2O2. The molecule has 0 saturated carbocycles. The Morgan fingerprint density at radius 1 is 0.769 bits per heavy atom. The fraction of sp³-hybridized carbons (Fsp3) is 0.0476. The van der Waals surface area contributed by atoms with Gasteiger partial charge in [0.2, 0.25) is 5.91 Å². The number of anilines is 2. The Kier molecular flexibility index (Phi) is 6.01. The smallest absolute Gasteiger partial charge is 0.255 e. The average Bonchev–Trinajstić information content (AvgIpc) is 2.62. The molecule has 2 amide bonds. The van der Waals surface area contributed by atoms with E-state index in [1.54, 1.807) is 30.3 Å². The van der Waals surface area contributed by atoms with E-state index in [0.717, 1.165) is 9.13 Å². The first-order valence-electron chi connectivity index (χ1n) is 8.11. The van der Waals surface area contributed by atoms with Gasteiger partial charge in [-0.25, -0.2) is 0 Å². The minimum absolute atomic E-state index is 0.0997. The molecule has 0 aliphatic rings. The van der Waals surface area contributed by atoms with Gasteiger partial charge >= 0.3 is 0 Å². The van der Waals surface area contributed by atoms with Gasteiger partial charge in [-0.2, -0.15) is 0 Å². The molecule has 4 nitrogen and oxygen atoms in total. The fourth-order valence-corrected chi connectivity index (χ4v) is 3.04. The molecule has 5 heteroatoms. The highest BCUT2D eigenvalue weighted by atomic mass is 127. The summed E-state index contributed by atoms with van der Waals surface area (Å²) in [7, 11) is 0. The highest BCUT2D eigenvalue weighted by Gasteiger charge is 2.08. The topological polar surface area (TPSA) is 58.2 Å². The summed E-state index contributed by atoms with van der Waals surface area (Å²) in [5, 5.41) is 5.72. The first-order chi connectivity index (χ1) is 12.6. The number of benzene rings is 3. The molecular weight excluding hydrogens is 439 g/mol. The molecule has 0 aliphatic carbocycles. The summed E-state index contributed by atoms with van der Waals surface area (Å²) in [6, 6.07) is 24.0. The largest absolute Gasteiger partial charge is 0.326 e. The van der Waals surface area contributed by atoms with Crippen molar-refractivity contribution >= 4 is 45.8 Å². The van der Waals surface area contributed by atoms with E-state index in [4.69, 9.17) is 0 Å². The van der Waals surface area contributed by atoms with E-state index in [0.29, 0.717) is 23.4 Å². The molecule has 3 aromatic carbocycles. The quantitative estimate of drug-likeness (QED) is 0.546. The van der Waals surface area contributed by atoms with Crippen LogP contribution in [0, 0.1) is 3.57 Å². The van der Waals surface area contributed by atoms with E-state index < -0.39 is 0 Å². The molecule has 0 radical (unpaired) electrons. The van der Waals surface area contributed by atoms with Gasteiger partial charge < -0.3 is 10.6 Å². The molecule has 0 unspecified atom stereocenters. The second-order valence-electron chi connectivity index (χ2n) is 5.76. The molecule has 0 heterocycles. The summed E-state index contributed by atoms with van der Waals surface area (Å²) in [6.45, 7) is 0. The van der Waals surface area contributed by atoms with Crippen LogP contribution in [0.3, 0.4) is 0 Å². The standard InChI is InChI=1S/C21H17IN2O2/c22-17-9-4-8-16(13-17)21(26)24-19-11-5-10-18(14-19)23-20(25)12-15-6-2-1-3-7-15/h1-11,13-14H,12H2,(H,23,25)(H,24,26). The fourth-order valence-electron chi connectivity index (χ4n) is 2.49. The zero-order valence-electron chi connectivity index (χ0n) is 13.9. The van der Waals surface area contributed by atoms with Crippen molar-refractivity contribution in [1.82, 2.24) is 0 Å². The summed E-state index contributed by atoms with van der Waals surface area (Å²) >= 11 is 2.17. The SMILES string of the molecule is O=C(Cc1ccccc1)Nc1cccc(NC(=O)c2cccc(I)c2)c1. The van der Waals surface area contributed by atoms with E-state index in [-0.39, 0.29) is 11.8 Å². The van der Waals surface area contributed by atoms with Gasteiger partial charge in [0, 0.05) is 20.5 Å².